The van der Waals surface area contributed by atoms with E-state index in [1.807, 2.05) is 30.3 Å². The molecule has 11 heteroatoms. The number of non-ortho nitro benzene ring substituents is 1. The molecule has 190 valence electrons. The number of nitrogens with zero attached hydrogens (tertiary/aromatic N) is 2. The van der Waals surface area contributed by atoms with Crippen LogP contribution in [0.15, 0.2) is 72.8 Å². The molecule has 1 heterocycles. The molecule has 1 aliphatic rings. The van der Waals surface area contributed by atoms with Gasteiger partial charge in [-0.15, -0.1) is 0 Å². The SMILES string of the molecule is COc1cc([N+](=O)[O-])ccc1N1C[C@@H](C(=O)OCC(=O)Nc2ccc(Oc3ccccc3)cc2)CC1=O. The highest BCUT2D eigenvalue weighted by molar-refractivity contribution is 6.01. The van der Waals surface area contributed by atoms with Crippen LogP contribution in [0.2, 0.25) is 0 Å². The Morgan fingerprint density at radius 3 is 2.43 bits per heavy atom. The number of nitrogens with one attached hydrogen (secondary N) is 1. The number of anilines is 2. The number of amides is 2. The minimum absolute atomic E-state index is 0.00364. The highest BCUT2D eigenvalue weighted by atomic mass is 16.6. The summed E-state index contributed by atoms with van der Waals surface area (Å²) >= 11 is 0. The number of para-hydroxylation sites is 1. The van der Waals surface area contributed by atoms with E-state index in [2.05, 4.69) is 5.32 Å². The van der Waals surface area contributed by atoms with E-state index in [-0.39, 0.29) is 30.3 Å². The Morgan fingerprint density at radius 1 is 1.05 bits per heavy atom. The van der Waals surface area contributed by atoms with E-state index in [1.54, 1.807) is 24.3 Å². The van der Waals surface area contributed by atoms with Crippen LogP contribution < -0.4 is 19.7 Å². The lowest BCUT2D eigenvalue weighted by molar-refractivity contribution is -0.384. The van der Waals surface area contributed by atoms with Crippen molar-refractivity contribution >= 4 is 34.8 Å². The minimum Gasteiger partial charge on any atom is -0.494 e. The molecule has 1 aliphatic heterocycles. The summed E-state index contributed by atoms with van der Waals surface area (Å²) in [5, 5.41) is 13.6. The first-order chi connectivity index (χ1) is 17.8. The Bertz CT molecular complexity index is 1310. The number of hydrogen-bond donors (Lipinski definition) is 1. The van der Waals surface area contributed by atoms with Crippen LogP contribution in [0, 0.1) is 16.0 Å². The van der Waals surface area contributed by atoms with E-state index in [9.17, 15) is 24.5 Å². The molecule has 2 amide bonds. The number of nitro benzene ring substituents is 1. The van der Waals surface area contributed by atoms with Crippen molar-refractivity contribution in [2.75, 3.05) is 30.5 Å². The molecule has 0 saturated carbocycles. The lowest BCUT2D eigenvalue weighted by Gasteiger charge is -2.19. The lowest BCUT2D eigenvalue weighted by atomic mass is 10.1. The van der Waals surface area contributed by atoms with Crippen LogP contribution in [0.5, 0.6) is 17.2 Å². The Hall–Kier alpha value is -4.93. The van der Waals surface area contributed by atoms with Crippen LogP contribution in [0.1, 0.15) is 6.42 Å². The molecule has 37 heavy (non-hydrogen) atoms. The van der Waals surface area contributed by atoms with E-state index in [0.29, 0.717) is 22.9 Å². The van der Waals surface area contributed by atoms with Crippen molar-refractivity contribution in [2.45, 2.75) is 6.42 Å². The molecule has 1 atom stereocenters. The van der Waals surface area contributed by atoms with Gasteiger partial charge in [0.25, 0.3) is 11.6 Å². The first-order valence-electron chi connectivity index (χ1n) is 11.3. The first-order valence-corrected chi connectivity index (χ1v) is 11.3. The van der Waals surface area contributed by atoms with Crippen LogP contribution in [0.4, 0.5) is 17.1 Å². The molecule has 3 aromatic carbocycles. The third-order valence-electron chi connectivity index (χ3n) is 5.59. The van der Waals surface area contributed by atoms with Gasteiger partial charge in [-0.05, 0) is 42.5 Å². The van der Waals surface area contributed by atoms with Crippen LogP contribution >= 0.6 is 0 Å². The number of hydrogen-bond acceptors (Lipinski definition) is 8. The second-order valence-corrected chi connectivity index (χ2v) is 8.11. The van der Waals surface area contributed by atoms with Crippen molar-refractivity contribution < 1.29 is 33.5 Å². The predicted molar refractivity (Wildman–Crippen MR) is 133 cm³/mol. The number of carbonyl (C=O) groups excluding carboxylic acids is 3. The van der Waals surface area contributed by atoms with Crippen LogP contribution in [-0.4, -0.2) is 43.0 Å². The molecular formula is C26H23N3O8. The molecule has 1 N–H and O–H groups in total. The average molecular weight is 505 g/mol. The monoisotopic (exact) mass is 505 g/mol. The van der Waals surface area contributed by atoms with E-state index >= 15 is 0 Å². The topological polar surface area (TPSA) is 137 Å². The molecule has 0 spiro atoms. The summed E-state index contributed by atoms with van der Waals surface area (Å²) in [7, 11) is 1.33. The van der Waals surface area contributed by atoms with Crippen molar-refractivity contribution in [1.29, 1.82) is 0 Å². The zero-order chi connectivity index (χ0) is 26.4. The number of benzene rings is 3. The molecule has 3 aromatic rings. The number of esters is 1. The van der Waals surface area contributed by atoms with Gasteiger partial charge in [-0.1, -0.05) is 18.2 Å². The van der Waals surface area contributed by atoms with Gasteiger partial charge in [0.2, 0.25) is 5.91 Å². The Labute approximate surface area is 211 Å². The molecule has 0 unspecified atom stereocenters. The quantitative estimate of drug-likeness (QED) is 0.262. The van der Waals surface area contributed by atoms with Crippen LogP contribution in [-0.2, 0) is 19.1 Å². The van der Waals surface area contributed by atoms with Crippen molar-refractivity contribution in [1.82, 2.24) is 0 Å². The third-order valence-corrected chi connectivity index (χ3v) is 5.59. The minimum atomic E-state index is -0.797. The van der Waals surface area contributed by atoms with E-state index in [1.165, 1.54) is 30.2 Å². The molecule has 11 nitrogen and oxygen atoms in total. The Kier molecular flexibility index (Phi) is 7.62. The van der Waals surface area contributed by atoms with Gasteiger partial charge >= 0.3 is 5.97 Å². The van der Waals surface area contributed by atoms with Crippen LogP contribution in [0.25, 0.3) is 0 Å². The number of ether oxygens (including phenoxy) is 3. The average Bonchev–Trinajstić information content (AvgIpc) is 3.30. The smallest absolute Gasteiger partial charge is 0.311 e. The maximum atomic E-state index is 12.5. The standard InChI is InChI=1S/C26H23N3O8/c1-35-23-14-19(29(33)34)9-12-22(23)28-15-17(13-25(28)31)26(32)36-16-24(30)27-18-7-10-21(11-8-18)37-20-5-3-2-4-6-20/h2-12,14,17H,13,15-16H2,1H3,(H,27,30)/t17-/m0/s1. The van der Waals surface area contributed by atoms with Crippen LogP contribution in [0.3, 0.4) is 0 Å². The van der Waals surface area contributed by atoms with Crippen molar-refractivity contribution in [3.63, 3.8) is 0 Å². The second kappa shape index (κ2) is 11.2. The molecular weight excluding hydrogens is 482 g/mol. The Balaban J connectivity index is 1.28. The highest BCUT2D eigenvalue weighted by Gasteiger charge is 2.37. The summed E-state index contributed by atoms with van der Waals surface area (Å²) in [4.78, 5) is 49.1. The van der Waals surface area contributed by atoms with E-state index < -0.39 is 29.3 Å². The normalized spacial score (nSPS) is 14.7. The number of nitro groups is 1. The number of rotatable bonds is 9. The fraction of sp³-hybridized carbons (Fsp3) is 0.192. The molecule has 0 bridgehead atoms. The molecule has 4 rings (SSSR count). The molecule has 1 saturated heterocycles. The second-order valence-electron chi connectivity index (χ2n) is 8.11. The molecule has 0 aromatic heterocycles. The summed E-state index contributed by atoms with van der Waals surface area (Å²) in [6, 6.07) is 19.8. The van der Waals surface area contributed by atoms with Gasteiger partial charge in [0.05, 0.1) is 29.7 Å². The van der Waals surface area contributed by atoms with Gasteiger partial charge in [0, 0.05) is 24.7 Å². The summed E-state index contributed by atoms with van der Waals surface area (Å²) in [5.41, 5.74) is 0.618. The van der Waals surface area contributed by atoms with Crippen molar-refractivity contribution in [2.24, 2.45) is 5.92 Å². The predicted octanol–water partition coefficient (Wildman–Crippen LogP) is 3.93. The summed E-state index contributed by atoms with van der Waals surface area (Å²) in [6.07, 6.45) is -0.122. The fourth-order valence-corrected chi connectivity index (χ4v) is 3.78. The van der Waals surface area contributed by atoms with E-state index in [0.717, 1.165) is 0 Å². The van der Waals surface area contributed by atoms with Gasteiger partial charge in [-0.2, -0.15) is 0 Å². The zero-order valence-electron chi connectivity index (χ0n) is 19.8. The van der Waals surface area contributed by atoms with Gasteiger partial charge in [-0.25, -0.2) is 0 Å². The first kappa shape index (κ1) is 25.2. The molecule has 1 fully saturated rings. The van der Waals surface area contributed by atoms with Crippen molar-refractivity contribution in [3.8, 4) is 17.2 Å². The van der Waals surface area contributed by atoms with Gasteiger partial charge in [0.15, 0.2) is 6.61 Å². The molecule has 0 aliphatic carbocycles. The summed E-state index contributed by atoms with van der Waals surface area (Å²) in [6.45, 7) is -0.525. The Morgan fingerprint density at radius 2 is 1.76 bits per heavy atom. The number of methoxy groups -OCH3 is 1. The largest absolute Gasteiger partial charge is 0.494 e. The van der Waals surface area contributed by atoms with E-state index in [4.69, 9.17) is 14.2 Å². The lowest BCUT2D eigenvalue weighted by Crippen LogP contribution is -2.28. The maximum absolute atomic E-state index is 12.5. The summed E-state index contributed by atoms with van der Waals surface area (Å²) < 4.78 is 16.0. The van der Waals surface area contributed by atoms with Gasteiger partial charge in [0.1, 0.15) is 17.2 Å². The fourth-order valence-electron chi connectivity index (χ4n) is 3.78. The van der Waals surface area contributed by atoms with Gasteiger partial charge < -0.3 is 24.4 Å². The van der Waals surface area contributed by atoms with Gasteiger partial charge in [-0.3, -0.25) is 24.5 Å². The highest BCUT2D eigenvalue weighted by Crippen LogP contribution is 2.36. The zero-order valence-corrected chi connectivity index (χ0v) is 19.8. The van der Waals surface area contributed by atoms with Crippen molar-refractivity contribution in [3.05, 3.63) is 82.9 Å². The molecule has 0 radical (unpaired) electrons. The summed E-state index contributed by atoms with van der Waals surface area (Å²) in [5.74, 6) is -0.984. The maximum Gasteiger partial charge on any atom is 0.311 e. The number of carbonyl (C=O) groups is 3. The third kappa shape index (κ3) is 6.20.